The van der Waals surface area contributed by atoms with Crippen molar-refractivity contribution in [3.05, 3.63) is 17.1 Å². The first-order valence-corrected chi connectivity index (χ1v) is 9.62. The maximum Gasteiger partial charge on any atom is 0.223 e. The van der Waals surface area contributed by atoms with Gasteiger partial charge in [0.05, 0.1) is 12.2 Å². The number of rotatable bonds is 2. The molecule has 0 saturated carbocycles. The first kappa shape index (κ1) is 18.2. The molecule has 0 N–H and O–H groups in total. The van der Waals surface area contributed by atoms with Gasteiger partial charge in [0.2, 0.25) is 5.91 Å². The van der Waals surface area contributed by atoms with E-state index in [0.29, 0.717) is 13.0 Å². The molecule has 0 atom stereocenters. The Morgan fingerprint density at radius 1 is 1.16 bits per heavy atom. The minimum atomic E-state index is 0.0208. The number of nitrogens with zero attached hydrogens (tertiary/aromatic N) is 4. The van der Waals surface area contributed by atoms with Gasteiger partial charge in [-0.25, -0.2) is 9.97 Å². The number of hydrogen-bond acceptors (Lipinski definition) is 4. The van der Waals surface area contributed by atoms with Gasteiger partial charge in [0.25, 0.3) is 0 Å². The monoisotopic (exact) mass is 344 g/mol. The molecule has 1 aromatic heterocycles. The molecule has 0 aromatic carbocycles. The van der Waals surface area contributed by atoms with Crippen LogP contribution < -0.4 is 4.90 Å². The summed E-state index contributed by atoms with van der Waals surface area (Å²) in [5.74, 6) is 2.96. The number of amides is 1. The Balaban J connectivity index is 1.84. The van der Waals surface area contributed by atoms with E-state index in [1.165, 1.54) is 18.4 Å². The van der Waals surface area contributed by atoms with Crippen LogP contribution in [0.1, 0.15) is 64.0 Å². The lowest BCUT2D eigenvalue weighted by molar-refractivity contribution is -0.134. The number of aryl methyl sites for hydroxylation is 1. The van der Waals surface area contributed by atoms with E-state index in [0.717, 1.165) is 49.3 Å². The lowest BCUT2D eigenvalue weighted by Gasteiger charge is -2.36. The highest BCUT2D eigenvalue weighted by Gasteiger charge is 2.29. The van der Waals surface area contributed by atoms with Crippen LogP contribution in [-0.4, -0.2) is 40.4 Å². The highest BCUT2D eigenvalue weighted by Crippen LogP contribution is 2.31. The zero-order chi connectivity index (χ0) is 18.2. The number of hydrogen-bond donors (Lipinski definition) is 0. The van der Waals surface area contributed by atoms with Crippen molar-refractivity contribution >= 4 is 11.7 Å². The topological polar surface area (TPSA) is 49.3 Å². The van der Waals surface area contributed by atoms with E-state index in [1.807, 2.05) is 11.8 Å². The Kier molecular flexibility index (Phi) is 5.03. The van der Waals surface area contributed by atoms with Crippen molar-refractivity contribution in [2.75, 3.05) is 24.5 Å². The first-order valence-electron chi connectivity index (χ1n) is 9.62. The smallest absolute Gasteiger partial charge is 0.223 e. The van der Waals surface area contributed by atoms with Gasteiger partial charge in [0.1, 0.15) is 11.6 Å². The molecule has 1 aromatic rings. The van der Waals surface area contributed by atoms with E-state index in [1.54, 1.807) is 0 Å². The summed E-state index contributed by atoms with van der Waals surface area (Å²) >= 11 is 0. The average Bonchev–Trinajstić information content (AvgIpc) is 2.53. The maximum atomic E-state index is 12.7. The fourth-order valence-corrected chi connectivity index (χ4v) is 3.78. The van der Waals surface area contributed by atoms with E-state index >= 15 is 0 Å². The van der Waals surface area contributed by atoms with Crippen LogP contribution in [0, 0.1) is 18.3 Å². The predicted octanol–water partition coefficient (Wildman–Crippen LogP) is 3.34. The van der Waals surface area contributed by atoms with Gasteiger partial charge in [-0.05, 0) is 31.1 Å². The highest BCUT2D eigenvalue weighted by atomic mass is 16.2. The molecule has 1 saturated heterocycles. The van der Waals surface area contributed by atoms with Gasteiger partial charge in [0, 0.05) is 38.0 Å². The Morgan fingerprint density at radius 3 is 2.48 bits per heavy atom. The second kappa shape index (κ2) is 6.93. The first-order chi connectivity index (χ1) is 11.7. The summed E-state index contributed by atoms with van der Waals surface area (Å²) in [6, 6.07) is 0. The van der Waals surface area contributed by atoms with Gasteiger partial charge in [-0.2, -0.15) is 0 Å². The molecule has 3 heterocycles. The van der Waals surface area contributed by atoms with Crippen molar-refractivity contribution in [3.63, 3.8) is 0 Å². The largest absolute Gasteiger partial charge is 0.356 e. The molecule has 0 unspecified atom stereocenters. The molecule has 0 bridgehead atoms. The molecule has 138 valence electrons. The fourth-order valence-electron chi connectivity index (χ4n) is 3.78. The highest BCUT2D eigenvalue weighted by molar-refractivity contribution is 5.77. The summed E-state index contributed by atoms with van der Waals surface area (Å²) < 4.78 is 0. The van der Waals surface area contributed by atoms with E-state index < -0.39 is 0 Å². The van der Waals surface area contributed by atoms with Crippen molar-refractivity contribution < 1.29 is 4.79 Å². The van der Waals surface area contributed by atoms with E-state index in [2.05, 4.69) is 37.6 Å². The van der Waals surface area contributed by atoms with E-state index in [9.17, 15) is 4.79 Å². The van der Waals surface area contributed by atoms with Gasteiger partial charge in [-0.3, -0.25) is 4.79 Å². The van der Waals surface area contributed by atoms with Gasteiger partial charge in [0.15, 0.2) is 0 Å². The molecular formula is C20H32N4O. The summed E-state index contributed by atoms with van der Waals surface area (Å²) in [5, 5.41) is 0. The third-order valence-electron chi connectivity index (χ3n) is 5.27. The molecule has 3 rings (SSSR count). The van der Waals surface area contributed by atoms with Crippen LogP contribution >= 0.6 is 0 Å². The summed E-state index contributed by atoms with van der Waals surface area (Å²) in [6.45, 7) is 14.2. The molecule has 2 aliphatic rings. The van der Waals surface area contributed by atoms with Crippen LogP contribution in [0.15, 0.2) is 0 Å². The van der Waals surface area contributed by atoms with Crippen molar-refractivity contribution in [3.8, 4) is 0 Å². The van der Waals surface area contributed by atoms with Gasteiger partial charge < -0.3 is 9.80 Å². The van der Waals surface area contributed by atoms with Gasteiger partial charge in [-0.15, -0.1) is 0 Å². The SMILES string of the molecule is Cc1nc2c(c(N3CCC(C)CC3)n1)CN(C(=O)CC(C)(C)C)CC2. The number of piperidine rings is 1. The van der Waals surface area contributed by atoms with Crippen LogP contribution in [-0.2, 0) is 17.8 Å². The van der Waals surface area contributed by atoms with Crippen LogP contribution in [0.3, 0.4) is 0 Å². The number of aromatic nitrogens is 2. The number of carbonyl (C=O) groups is 1. The molecule has 0 spiro atoms. The molecule has 1 fully saturated rings. The Bertz CT molecular complexity index is 642. The van der Waals surface area contributed by atoms with Crippen LogP contribution in [0.2, 0.25) is 0 Å². The zero-order valence-corrected chi connectivity index (χ0v) is 16.4. The summed E-state index contributed by atoms with van der Waals surface area (Å²) in [4.78, 5) is 26.6. The van der Waals surface area contributed by atoms with E-state index in [4.69, 9.17) is 4.98 Å². The number of carbonyl (C=O) groups excluding carboxylic acids is 1. The molecule has 25 heavy (non-hydrogen) atoms. The molecule has 0 radical (unpaired) electrons. The van der Waals surface area contributed by atoms with Crippen molar-refractivity contribution in [1.29, 1.82) is 0 Å². The van der Waals surface area contributed by atoms with Gasteiger partial charge in [-0.1, -0.05) is 27.7 Å². The second-order valence-electron chi connectivity index (χ2n) is 8.99. The van der Waals surface area contributed by atoms with Crippen LogP contribution in [0.25, 0.3) is 0 Å². The summed E-state index contributed by atoms with van der Waals surface area (Å²) in [7, 11) is 0. The predicted molar refractivity (Wildman–Crippen MR) is 101 cm³/mol. The lowest BCUT2D eigenvalue weighted by Crippen LogP contribution is -2.40. The van der Waals surface area contributed by atoms with Crippen LogP contribution in [0.5, 0.6) is 0 Å². The summed E-state index contributed by atoms with van der Waals surface area (Å²) in [6.07, 6.45) is 3.85. The quantitative estimate of drug-likeness (QED) is 0.825. The Hall–Kier alpha value is -1.65. The second-order valence-corrected chi connectivity index (χ2v) is 8.99. The van der Waals surface area contributed by atoms with Crippen molar-refractivity contribution in [2.45, 2.75) is 66.8 Å². The lowest BCUT2D eigenvalue weighted by atomic mass is 9.91. The minimum Gasteiger partial charge on any atom is -0.356 e. The van der Waals surface area contributed by atoms with Gasteiger partial charge >= 0.3 is 0 Å². The molecular weight excluding hydrogens is 312 g/mol. The molecule has 2 aliphatic heterocycles. The summed E-state index contributed by atoms with van der Waals surface area (Å²) in [5.41, 5.74) is 2.34. The fraction of sp³-hybridized carbons (Fsp3) is 0.750. The van der Waals surface area contributed by atoms with E-state index in [-0.39, 0.29) is 11.3 Å². The normalized spacial score (nSPS) is 19.1. The third kappa shape index (κ3) is 4.31. The maximum absolute atomic E-state index is 12.7. The standard InChI is InChI=1S/C20H32N4O/c1-14-6-9-23(10-7-14)19-16-13-24(18(25)12-20(3,4)5)11-8-17(16)21-15(2)22-19/h14H,6-13H2,1-5H3. The van der Waals surface area contributed by atoms with Crippen LogP contribution in [0.4, 0.5) is 5.82 Å². The minimum absolute atomic E-state index is 0.0208. The molecule has 5 nitrogen and oxygen atoms in total. The molecule has 0 aliphatic carbocycles. The Labute approximate surface area is 151 Å². The molecule has 5 heteroatoms. The number of anilines is 1. The third-order valence-corrected chi connectivity index (χ3v) is 5.27. The zero-order valence-electron chi connectivity index (χ0n) is 16.4. The number of fused-ring (bicyclic) bond motifs is 1. The van der Waals surface area contributed by atoms with Crippen molar-refractivity contribution in [1.82, 2.24) is 14.9 Å². The van der Waals surface area contributed by atoms with Crippen molar-refractivity contribution in [2.24, 2.45) is 11.3 Å². The average molecular weight is 345 g/mol. The molecule has 1 amide bonds. The Morgan fingerprint density at radius 2 is 1.84 bits per heavy atom.